The van der Waals surface area contributed by atoms with Crippen molar-refractivity contribution in [2.24, 2.45) is 0 Å². The van der Waals surface area contributed by atoms with Gasteiger partial charge < -0.3 is 12.3 Å². The standard InChI is InChI=1S/C20H22O3Si3/c1-24-21-25(2,18-12-6-3-7-13-18)23-26(22-24,19-14-8-4-9-15-19)20-16-10-5-11-17-20/h3-17,24H,1-2H3. The average Bonchev–Trinajstić information content (AvgIpc) is 2.69. The minimum absolute atomic E-state index is 1.14. The molecule has 1 heterocycles. The Morgan fingerprint density at radius 1 is 0.615 bits per heavy atom. The van der Waals surface area contributed by atoms with E-state index in [4.69, 9.17) is 12.3 Å². The fraction of sp³-hybridized carbons (Fsp3) is 0.100. The van der Waals surface area contributed by atoms with Crippen molar-refractivity contribution in [3.05, 3.63) is 91.0 Å². The van der Waals surface area contributed by atoms with Crippen molar-refractivity contribution < 1.29 is 12.3 Å². The molecule has 0 radical (unpaired) electrons. The molecule has 0 N–H and O–H groups in total. The van der Waals surface area contributed by atoms with Gasteiger partial charge in [0.15, 0.2) is 0 Å². The Labute approximate surface area is 158 Å². The Balaban J connectivity index is 1.88. The van der Waals surface area contributed by atoms with Gasteiger partial charge in [-0.15, -0.1) is 0 Å². The molecule has 4 rings (SSSR count). The largest absolute Gasteiger partial charge is 0.415 e. The molecule has 1 aliphatic heterocycles. The highest BCUT2D eigenvalue weighted by Gasteiger charge is 2.56. The monoisotopic (exact) mass is 394 g/mol. The second-order valence-electron chi connectivity index (χ2n) is 6.57. The van der Waals surface area contributed by atoms with E-state index in [0.29, 0.717) is 0 Å². The molecule has 6 heteroatoms. The molecule has 0 spiro atoms. The maximum Gasteiger partial charge on any atom is 0.389 e. The first-order valence-corrected chi connectivity index (χ1v) is 15.1. The van der Waals surface area contributed by atoms with Gasteiger partial charge in [-0.05, 0) is 28.7 Å². The summed E-state index contributed by atoms with van der Waals surface area (Å²) in [6, 6.07) is 31.2. The highest BCUT2D eigenvalue weighted by molar-refractivity contribution is 7.05. The van der Waals surface area contributed by atoms with Crippen LogP contribution in [-0.4, -0.2) is 26.4 Å². The quantitative estimate of drug-likeness (QED) is 0.637. The van der Waals surface area contributed by atoms with Crippen molar-refractivity contribution in [1.82, 2.24) is 0 Å². The Kier molecular flexibility index (Phi) is 4.78. The van der Waals surface area contributed by atoms with Crippen LogP contribution in [0.25, 0.3) is 0 Å². The van der Waals surface area contributed by atoms with E-state index in [2.05, 4.69) is 85.9 Å². The minimum Gasteiger partial charge on any atom is -0.415 e. The summed E-state index contributed by atoms with van der Waals surface area (Å²) in [7, 11) is -7.25. The summed E-state index contributed by atoms with van der Waals surface area (Å²) in [5, 5.41) is 3.44. The molecule has 3 aromatic rings. The maximum atomic E-state index is 6.96. The lowest BCUT2D eigenvalue weighted by molar-refractivity contribution is 0.271. The summed E-state index contributed by atoms with van der Waals surface area (Å²) in [4.78, 5) is 0. The van der Waals surface area contributed by atoms with Gasteiger partial charge in [-0.1, -0.05) is 91.0 Å². The summed E-state index contributed by atoms with van der Waals surface area (Å²) in [5.41, 5.74) is 0. The highest BCUT2D eigenvalue weighted by atomic mass is 28.5. The molecule has 0 bridgehead atoms. The molecule has 0 aromatic heterocycles. The number of rotatable bonds is 3. The van der Waals surface area contributed by atoms with Crippen molar-refractivity contribution in [3.8, 4) is 0 Å². The van der Waals surface area contributed by atoms with E-state index in [-0.39, 0.29) is 0 Å². The van der Waals surface area contributed by atoms with Gasteiger partial charge in [-0.25, -0.2) is 0 Å². The first-order chi connectivity index (χ1) is 12.6. The molecule has 1 fully saturated rings. The molecular formula is C20H22O3Si3. The molecule has 132 valence electrons. The maximum absolute atomic E-state index is 6.96. The van der Waals surface area contributed by atoms with Gasteiger partial charge in [0.1, 0.15) is 0 Å². The van der Waals surface area contributed by atoms with Crippen LogP contribution in [0.3, 0.4) is 0 Å². The van der Waals surface area contributed by atoms with Gasteiger partial charge in [-0.3, -0.25) is 0 Å². The normalized spacial score (nSPS) is 24.9. The zero-order valence-electron chi connectivity index (χ0n) is 15.0. The second-order valence-corrected chi connectivity index (χ2v) is 15.3. The molecule has 26 heavy (non-hydrogen) atoms. The van der Waals surface area contributed by atoms with E-state index >= 15 is 0 Å². The van der Waals surface area contributed by atoms with Gasteiger partial charge in [0.05, 0.1) is 0 Å². The van der Waals surface area contributed by atoms with Gasteiger partial charge >= 0.3 is 26.4 Å². The molecule has 0 aliphatic carbocycles. The van der Waals surface area contributed by atoms with E-state index in [1.807, 2.05) is 18.2 Å². The van der Waals surface area contributed by atoms with Crippen molar-refractivity contribution in [2.45, 2.75) is 13.1 Å². The van der Waals surface area contributed by atoms with E-state index in [0.717, 1.165) is 15.6 Å². The summed E-state index contributed by atoms with van der Waals surface area (Å²) < 4.78 is 20.0. The summed E-state index contributed by atoms with van der Waals surface area (Å²) >= 11 is 0. The van der Waals surface area contributed by atoms with Crippen molar-refractivity contribution in [1.29, 1.82) is 0 Å². The Morgan fingerprint density at radius 3 is 1.50 bits per heavy atom. The minimum atomic E-state index is -2.82. The Morgan fingerprint density at radius 2 is 1.04 bits per heavy atom. The Hall–Kier alpha value is -1.81. The van der Waals surface area contributed by atoms with Gasteiger partial charge in [-0.2, -0.15) is 0 Å². The van der Waals surface area contributed by atoms with Gasteiger partial charge in [0.2, 0.25) is 0 Å². The predicted molar refractivity (Wildman–Crippen MR) is 112 cm³/mol. The van der Waals surface area contributed by atoms with E-state index in [1.165, 1.54) is 0 Å². The summed E-state index contributed by atoms with van der Waals surface area (Å²) in [6.07, 6.45) is 0. The van der Waals surface area contributed by atoms with Gasteiger partial charge in [0.25, 0.3) is 0 Å². The highest BCUT2D eigenvalue weighted by Crippen LogP contribution is 2.25. The number of benzene rings is 3. The molecule has 2 unspecified atom stereocenters. The number of hydrogen-bond acceptors (Lipinski definition) is 3. The number of hydrogen-bond donors (Lipinski definition) is 0. The first-order valence-electron chi connectivity index (χ1n) is 8.85. The Bertz CT molecular complexity index is 822. The van der Waals surface area contributed by atoms with Gasteiger partial charge in [0, 0.05) is 0 Å². The van der Waals surface area contributed by atoms with Crippen LogP contribution < -0.4 is 15.6 Å². The van der Waals surface area contributed by atoms with E-state index in [9.17, 15) is 0 Å². The molecular weight excluding hydrogens is 372 g/mol. The molecule has 3 nitrogen and oxygen atoms in total. The lowest BCUT2D eigenvalue weighted by Gasteiger charge is -2.46. The predicted octanol–water partition coefficient (Wildman–Crippen LogP) is 2.14. The van der Waals surface area contributed by atoms with Crippen LogP contribution in [0, 0.1) is 0 Å². The molecule has 0 saturated carbocycles. The van der Waals surface area contributed by atoms with E-state index < -0.39 is 26.4 Å². The van der Waals surface area contributed by atoms with Crippen LogP contribution >= 0.6 is 0 Å². The van der Waals surface area contributed by atoms with Crippen LogP contribution in [0.15, 0.2) is 91.0 Å². The van der Waals surface area contributed by atoms with Crippen molar-refractivity contribution >= 4 is 42.0 Å². The smallest absolute Gasteiger partial charge is 0.389 e. The van der Waals surface area contributed by atoms with Crippen LogP contribution in [0.5, 0.6) is 0 Å². The van der Waals surface area contributed by atoms with Crippen LogP contribution in [0.4, 0.5) is 0 Å². The average molecular weight is 395 g/mol. The van der Waals surface area contributed by atoms with Crippen LogP contribution in [0.2, 0.25) is 13.1 Å². The molecule has 3 aromatic carbocycles. The van der Waals surface area contributed by atoms with Crippen molar-refractivity contribution in [3.63, 3.8) is 0 Å². The zero-order valence-corrected chi connectivity index (χ0v) is 18.1. The summed E-state index contributed by atoms with van der Waals surface area (Å²) in [6.45, 7) is 4.27. The van der Waals surface area contributed by atoms with Crippen LogP contribution in [-0.2, 0) is 12.3 Å². The first kappa shape index (κ1) is 17.6. The fourth-order valence-corrected chi connectivity index (χ4v) is 17.4. The third-order valence-corrected chi connectivity index (χ3v) is 16.7. The molecule has 2 atom stereocenters. The lowest BCUT2D eigenvalue weighted by atomic mass is 10.4. The second kappa shape index (κ2) is 7.07. The molecule has 1 aliphatic rings. The molecule has 0 amide bonds. The topological polar surface area (TPSA) is 27.7 Å². The summed E-state index contributed by atoms with van der Waals surface area (Å²) in [5.74, 6) is 0. The lowest BCUT2D eigenvalue weighted by Crippen LogP contribution is -2.76. The molecule has 1 saturated heterocycles. The SMILES string of the molecule is C[SiH]1O[Si](C)(c2ccccc2)O[Si](c2ccccc2)(c2ccccc2)O1. The fourth-order valence-electron chi connectivity index (χ4n) is 3.50. The van der Waals surface area contributed by atoms with E-state index in [1.54, 1.807) is 0 Å². The zero-order chi connectivity index (χ0) is 18.0. The third-order valence-electron chi connectivity index (χ3n) is 4.67. The third kappa shape index (κ3) is 3.16. The van der Waals surface area contributed by atoms with Crippen molar-refractivity contribution in [2.75, 3.05) is 0 Å². The van der Waals surface area contributed by atoms with Crippen LogP contribution in [0.1, 0.15) is 0 Å².